The van der Waals surface area contributed by atoms with Gasteiger partial charge in [0.25, 0.3) is 0 Å². The second-order valence-corrected chi connectivity index (χ2v) is 2.84. The molecule has 1 aromatic carbocycles. The third-order valence-electron chi connectivity index (χ3n) is 1.87. The fourth-order valence-corrected chi connectivity index (χ4v) is 1.08. The maximum atomic E-state index is 5.53. The average molecular weight is 179 g/mol. The summed E-state index contributed by atoms with van der Waals surface area (Å²) in [5.74, 6) is 0. The van der Waals surface area contributed by atoms with Crippen molar-refractivity contribution in [2.75, 3.05) is 20.3 Å². The Morgan fingerprint density at radius 2 is 2.00 bits per heavy atom. The van der Waals surface area contributed by atoms with E-state index >= 15 is 0 Å². The molecule has 0 aliphatic rings. The zero-order chi connectivity index (χ0) is 9.52. The predicted molar refractivity (Wildman–Crippen MR) is 51.5 cm³/mol. The van der Waals surface area contributed by atoms with Crippen LogP contribution in [-0.4, -0.2) is 20.3 Å². The second kappa shape index (κ2) is 5.73. The van der Waals surface area contributed by atoms with Crippen LogP contribution in [0.15, 0.2) is 24.3 Å². The van der Waals surface area contributed by atoms with Crippen LogP contribution in [0.5, 0.6) is 0 Å². The molecular formula is C11H15O2. The summed E-state index contributed by atoms with van der Waals surface area (Å²) in [6, 6.07) is 10.8. The molecule has 13 heavy (non-hydrogen) atoms. The summed E-state index contributed by atoms with van der Waals surface area (Å²) in [4.78, 5) is 0. The molecule has 1 rings (SSSR count). The lowest BCUT2D eigenvalue weighted by molar-refractivity contribution is 0.0256. The Kier molecular flexibility index (Phi) is 4.50. The summed E-state index contributed by atoms with van der Waals surface area (Å²) in [5, 5.41) is 0. The lowest BCUT2D eigenvalue weighted by atomic mass is 10.1. The van der Waals surface area contributed by atoms with Crippen LogP contribution in [0.3, 0.4) is 0 Å². The maximum absolute atomic E-state index is 5.53. The van der Waals surface area contributed by atoms with Crippen LogP contribution in [0.4, 0.5) is 0 Å². The fourth-order valence-electron chi connectivity index (χ4n) is 1.08. The first-order chi connectivity index (χ1) is 6.34. The van der Waals surface area contributed by atoms with Crippen LogP contribution in [0, 0.1) is 6.07 Å². The molecule has 0 bridgehead atoms. The zero-order valence-corrected chi connectivity index (χ0v) is 8.12. The number of ether oxygens (including phenoxy) is 2. The first-order valence-electron chi connectivity index (χ1n) is 4.41. The van der Waals surface area contributed by atoms with Gasteiger partial charge in [0.2, 0.25) is 0 Å². The van der Waals surface area contributed by atoms with Gasteiger partial charge in [0.15, 0.2) is 0 Å². The molecule has 0 N–H and O–H groups in total. The molecule has 1 unspecified atom stereocenters. The molecule has 1 radical (unpaired) electrons. The van der Waals surface area contributed by atoms with E-state index in [1.54, 1.807) is 7.11 Å². The van der Waals surface area contributed by atoms with E-state index in [0.29, 0.717) is 13.2 Å². The van der Waals surface area contributed by atoms with E-state index in [2.05, 4.69) is 6.07 Å². The van der Waals surface area contributed by atoms with E-state index in [1.807, 2.05) is 31.2 Å². The van der Waals surface area contributed by atoms with Crippen LogP contribution < -0.4 is 0 Å². The average Bonchev–Trinajstić information content (AvgIpc) is 2.19. The van der Waals surface area contributed by atoms with Gasteiger partial charge in [-0.15, -0.1) is 0 Å². The summed E-state index contributed by atoms with van der Waals surface area (Å²) < 4.78 is 10.4. The highest BCUT2D eigenvalue weighted by molar-refractivity contribution is 5.15. The Morgan fingerprint density at radius 1 is 1.31 bits per heavy atom. The first kappa shape index (κ1) is 10.2. The molecule has 0 saturated carbocycles. The standard InChI is InChI=1S/C11H15O2/c1-10(13-9-8-12-2)11-6-4-3-5-7-11/h4-7,10H,8-9H2,1-2H3. The molecule has 2 nitrogen and oxygen atoms in total. The number of hydrogen-bond donors (Lipinski definition) is 0. The monoisotopic (exact) mass is 179 g/mol. The summed E-state index contributed by atoms with van der Waals surface area (Å²) >= 11 is 0. The highest BCUT2D eigenvalue weighted by Crippen LogP contribution is 2.14. The van der Waals surface area contributed by atoms with E-state index in [-0.39, 0.29) is 6.10 Å². The van der Waals surface area contributed by atoms with E-state index in [9.17, 15) is 0 Å². The quantitative estimate of drug-likeness (QED) is 0.645. The van der Waals surface area contributed by atoms with Crippen molar-refractivity contribution < 1.29 is 9.47 Å². The number of benzene rings is 1. The third-order valence-corrected chi connectivity index (χ3v) is 1.87. The largest absolute Gasteiger partial charge is 0.382 e. The van der Waals surface area contributed by atoms with Crippen molar-refractivity contribution in [1.29, 1.82) is 0 Å². The summed E-state index contributed by atoms with van der Waals surface area (Å²) in [7, 11) is 1.67. The van der Waals surface area contributed by atoms with Gasteiger partial charge >= 0.3 is 0 Å². The van der Waals surface area contributed by atoms with Gasteiger partial charge in [-0.1, -0.05) is 24.3 Å². The molecule has 0 heterocycles. The van der Waals surface area contributed by atoms with Crippen molar-refractivity contribution in [3.05, 3.63) is 35.9 Å². The van der Waals surface area contributed by atoms with Gasteiger partial charge < -0.3 is 9.47 Å². The Balaban J connectivity index is 2.35. The van der Waals surface area contributed by atoms with Crippen molar-refractivity contribution >= 4 is 0 Å². The van der Waals surface area contributed by atoms with Gasteiger partial charge in [-0.25, -0.2) is 0 Å². The molecule has 0 fully saturated rings. The van der Waals surface area contributed by atoms with E-state index in [0.717, 1.165) is 0 Å². The number of hydrogen-bond acceptors (Lipinski definition) is 2. The van der Waals surface area contributed by atoms with Gasteiger partial charge in [-0.3, -0.25) is 0 Å². The molecule has 71 valence electrons. The minimum atomic E-state index is 0.129. The number of methoxy groups -OCH3 is 1. The topological polar surface area (TPSA) is 18.5 Å². The van der Waals surface area contributed by atoms with Gasteiger partial charge in [-0.2, -0.15) is 0 Å². The minimum absolute atomic E-state index is 0.129. The first-order valence-corrected chi connectivity index (χ1v) is 4.41. The molecule has 0 aliphatic heterocycles. The van der Waals surface area contributed by atoms with Crippen molar-refractivity contribution in [3.63, 3.8) is 0 Å². The molecule has 2 heteroatoms. The molecule has 0 saturated heterocycles. The van der Waals surface area contributed by atoms with Gasteiger partial charge in [0, 0.05) is 7.11 Å². The van der Waals surface area contributed by atoms with Crippen LogP contribution >= 0.6 is 0 Å². The van der Waals surface area contributed by atoms with Crippen molar-refractivity contribution in [3.8, 4) is 0 Å². The Bertz CT molecular complexity index is 221. The molecule has 0 aliphatic carbocycles. The molecule has 1 aromatic rings. The van der Waals surface area contributed by atoms with Crippen molar-refractivity contribution in [2.24, 2.45) is 0 Å². The number of rotatable bonds is 5. The van der Waals surface area contributed by atoms with Crippen LogP contribution in [-0.2, 0) is 9.47 Å². The van der Waals surface area contributed by atoms with Gasteiger partial charge in [0.1, 0.15) is 0 Å². The van der Waals surface area contributed by atoms with Crippen LogP contribution in [0.25, 0.3) is 0 Å². The Labute approximate surface area is 79.5 Å². The Hall–Kier alpha value is -0.860. The van der Waals surface area contributed by atoms with E-state index in [1.165, 1.54) is 5.56 Å². The smallest absolute Gasteiger partial charge is 0.0797 e. The SMILES string of the molecule is COCCOC(C)c1cc[c]cc1. The Morgan fingerprint density at radius 3 is 2.62 bits per heavy atom. The van der Waals surface area contributed by atoms with Crippen molar-refractivity contribution in [2.45, 2.75) is 13.0 Å². The van der Waals surface area contributed by atoms with Gasteiger partial charge in [0.05, 0.1) is 19.3 Å². The molecule has 0 aromatic heterocycles. The predicted octanol–water partition coefficient (Wildman–Crippen LogP) is 2.21. The van der Waals surface area contributed by atoms with Gasteiger partial charge in [-0.05, 0) is 18.6 Å². The highest BCUT2D eigenvalue weighted by Gasteiger charge is 2.03. The summed E-state index contributed by atoms with van der Waals surface area (Å²) in [5.41, 5.74) is 1.18. The zero-order valence-electron chi connectivity index (χ0n) is 8.12. The van der Waals surface area contributed by atoms with Crippen LogP contribution in [0.2, 0.25) is 0 Å². The normalized spacial score (nSPS) is 12.8. The fraction of sp³-hybridized carbons (Fsp3) is 0.455. The van der Waals surface area contributed by atoms with E-state index < -0.39 is 0 Å². The highest BCUT2D eigenvalue weighted by atomic mass is 16.5. The van der Waals surface area contributed by atoms with Crippen molar-refractivity contribution in [1.82, 2.24) is 0 Å². The third kappa shape index (κ3) is 3.57. The molecule has 0 spiro atoms. The molecular weight excluding hydrogens is 164 g/mol. The lowest BCUT2D eigenvalue weighted by Gasteiger charge is -2.12. The molecule has 1 atom stereocenters. The minimum Gasteiger partial charge on any atom is -0.382 e. The summed E-state index contributed by atoms with van der Waals surface area (Å²) in [6.07, 6.45) is 0.129. The molecule has 0 amide bonds. The van der Waals surface area contributed by atoms with E-state index in [4.69, 9.17) is 9.47 Å². The van der Waals surface area contributed by atoms with Crippen LogP contribution in [0.1, 0.15) is 18.6 Å². The maximum Gasteiger partial charge on any atom is 0.0797 e. The second-order valence-electron chi connectivity index (χ2n) is 2.84. The summed E-state index contributed by atoms with van der Waals surface area (Å²) in [6.45, 7) is 3.31. The lowest BCUT2D eigenvalue weighted by Crippen LogP contribution is -2.05.